The quantitative estimate of drug-likeness (QED) is 0.742. The van der Waals surface area contributed by atoms with Gasteiger partial charge in [0.1, 0.15) is 0 Å². The van der Waals surface area contributed by atoms with Gasteiger partial charge in [-0.25, -0.2) is 0 Å². The molecule has 0 bridgehead atoms. The summed E-state index contributed by atoms with van der Waals surface area (Å²) in [4.78, 5) is 13.4. The van der Waals surface area contributed by atoms with Crippen LogP contribution in [0.1, 0.15) is 35.7 Å². The molecule has 74 valence electrons. The molecule has 1 amide bonds. The smallest absolute Gasteiger partial charge is 0.261 e. The standard InChI is InChI=1S/C10H15NOS.H2/c1-3-4-7-11-10(12)9-6-5-8(2)13-9;/h5-6H,3-4,7H2,1-2H3,(H,11,12);1H. The highest BCUT2D eigenvalue weighted by atomic mass is 32.1. The first kappa shape index (κ1) is 10.3. The maximum Gasteiger partial charge on any atom is 0.261 e. The summed E-state index contributed by atoms with van der Waals surface area (Å²) in [5, 5.41) is 2.88. The van der Waals surface area contributed by atoms with Crippen molar-refractivity contribution in [2.45, 2.75) is 26.7 Å². The van der Waals surface area contributed by atoms with Crippen LogP contribution in [0, 0.1) is 6.92 Å². The lowest BCUT2D eigenvalue weighted by atomic mass is 10.3. The van der Waals surface area contributed by atoms with Crippen LogP contribution in [0.4, 0.5) is 0 Å². The first-order chi connectivity index (χ1) is 6.24. The van der Waals surface area contributed by atoms with Crippen LogP contribution in [0.25, 0.3) is 0 Å². The molecule has 0 aliphatic heterocycles. The zero-order valence-electron chi connectivity index (χ0n) is 8.09. The lowest BCUT2D eigenvalue weighted by Crippen LogP contribution is -2.23. The third kappa shape index (κ3) is 3.19. The molecule has 1 rings (SSSR count). The molecule has 1 aromatic heterocycles. The van der Waals surface area contributed by atoms with E-state index >= 15 is 0 Å². The lowest BCUT2D eigenvalue weighted by molar-refractivity contribution is 0.0957. The number of hydrogen-bond donors (Lipinski definition) is 1. The van der Waals surface area contributed by atoms with Crippen LogP contribution in [-0.2, 0) is 0 Å². The third-order valence-electron chi connectivity index (χ3n) is 1.78. The van der Waals surface area contributed by atoms with Crippen LogP contribution in [-0.4, -0.2) is 12.5 Å². The Labute approximate surface area is 84.5 Å². The molecular formula is C10H17NOS. The van der Waals surface area contributed by atoms with Gasteiger partial charge in [0.05, 0.1) is 4.88 Å². The molecule has 0 radical (unpaired) electrons. The van der Waals surface area contributed by atoms with Gasteiger partial charge < -0.3 is 5.32 Å². The van der Waals surface area contributed by atoms with Crippen molar-refractivity contribution in [1.29, 1.82) is 0 Å². The van der Waals surface area contributed by atoms with Crippen molar-refractivity contribution < 1.29 is 6.22 Å². The van der Waals surface area contributed by atoms with Gasteiger partial charge in [-0.05, 0) is 25.5 Å². The van der Waals surface area contributed by atoms with Crippen molar-refractivity contribution in [2.75, 3.05) is 6.54 Å². The number of thiophene rings is 1. The van der Waals surface area contributed by atoms with E-state index in [9.17, 15) is 4.79 Å². The molecule has 1 N–H and O–H groups in total. The van der Waals surface area contributed by atoms with Gasteiger partial charge in [0.2, 0.25) is 0 Å². The zero-order valence-corrected chi connectivity index (χ0v) is 8.91. The Morgan fingerprint density at radius 3 is 2.92 bits per heavy atom. The fourth-order valence-corrected chi connectivity index (χ4v) is 1.81. The summed E-state index contributed by atoms with van der Waals surface area (Å²) in [6, 6.07) is 3.85. The van der Waals surface area contributed by atoms with Crippen LogP contribution in [0.5, 0.6) is 0 Å². The van der Waals surface area contributed by atoms with Crippen LogP contribution < -0.4 is 5.32 Å². The summed E-state index contributed by atoms with van der Waals surface area (Å²) >= 11 is 1.54. The number of carbonyl (C=O) groups excluding carboxylic acids is 1. The lowest BCUT2D eigenvalue weighted by Gasteiger charge is -2.00. The summed E-state index contributed by atoms with van der Waals surface area (Å²) in [6.45, 7) is 4.90. The SMILES string of the molecule is CCCCNC(=O)c1ccc(C)s1.[HH]. The summed E-state index contributed by atoms with van der Waals surface area (Å²) in [5.74, 6) is 0.0616. The second-order valence-corrected chi connectivity index (χ2v) is 4.31. The third-order valence-corrected chi connectivity index (χ3v) is 2.78. The Bertz CT molecular complexity index is 285. The topological polar surface area (TPSA) is 29.1 Å². The summed E-state index contributed by atoms with van der Waals surface area (Å²) < 4.78 is 0. The first-order valence-corrected chi connectivity index (χ1v) is 5.40. The largest absolute Gasteiger partial charge is 0.351 e. The Kier molecular flexibility index (Phi) is 3.96. The minimum absolute atomic E-state index is 0. The molecule has 0 unspecified atom stereocenters. The molecule has 3 heteroatoms. The Hall–Kier alpha value is -0.830. The molecule has 0 saturated carbocycles. The number of aryl methyl sites for hydroxylation is 1. The number of rotatable bonds is 4. The van der Waals surface area contributed by atoms with Crippen molar-refractivity contribution in [3.63, 3.8) is 0 Å². The number of carbonyl (C=O) groups is 1. The minimum atomic E-state index is 0. The summed E-state index contributed by atoms with van der Waals surface area (Å²) in [6.07, 6.45) is 2.17. The van der Waals surface area contributed by atoms with Gasteiger partial charge in [-0.1, -0.05) is 13.3 Å². The molecular weight excluding hydrogens is 182 g/mol. The van der Waals surface area contributed by atoms with Gasteiger partial charge >= 0.3 is 0 Å². The summed E-state index contributed by atoms with van der Waals surface area (Å²) in [7, 11) is 0. The Morgan fingerprint density at radius 1 is 1.62 bits per heavy atom. The predicted octanol–water partition coefficient (Wildman–Crippen LogP) is 2.83. The van der Waals surface area contributed by atoms with E-state index < -0.39 is 0 Å². The molecule has 0 fully saturated rings. The van der Waals surface area contributed by atoms with Crippen molar-refractivity contribution in [1.82, 2.24) is 5.32 Å². The minimum Gasteiger partial charge on any atom is -0.351 e. The average molecular weight is 199 g/mol. The monoisotopic (exact) mass is 199 g/mol. The molecule has 0 atom stereocenters. The van der Waals surface area contributed by atoms with E-state index in [1.807, 2.05) is 19.1 Å². The highest BCUT2D eigenvalue weighted by Crippen LogP contribution is 2.14. The fraction of sp³-hybridized carbons (Fsp3) is 0.500. The van der Waals surface area contributed by atoms with Gasteiger partial charge in [0, 0.05) is 12.8 Å². The van der Waals surface area contributed by atoms with Crippen LogP contribution in [0.2, 0.25) is 0 Å². The van der Waals surface area contributed by atoms with E-state index in [0.717, 1.165) is 24.3 Å². The average Bonchev–Trinajstić information content (AvgIpc) is 2.52. The number of unbranched alkanes of at least 4 members (excludes halogenated alkanes) is 1. The van der Waals surface area contributed by atoms with E-state index in [4.69, 9.17) is 0 Å². The first-order valence-electron chi connectivity index (χ1n) is 4.58. The van der Waals surface area contributed by atoms with Gasteiger partial charge in [-0.15, -0.1) is 11.3 Å². The number of amides is 1. The van der Waals surface area contributed by atoms with E-state index in [1.165, 1.54) is 4.88 Å². The molecule has 1 heterocycles. The molecule has 0 aliphatic carbocycles. The molecule has 0 aromatic carbocycles. The summed E-state index contributed by atoms with van der Waals surface area (Å²) in [5.41, 5.74) is 0. The van der Waals surface area contributed by atoms with Gasteiger partial charge in [0.25, 0.3) is 5.91 Å². The second-order valence-electron chi connectivity index (χ2n) is 3.02. The second kappa shape index (κ2) is 5.02. The van der Waals surface area contributed by atoms with Crippen molar-refractivity contribution in [2.24, 2.45) is 0 Å². The molecule has 13 heavy (non-hydrogen) atoms. The maximum atomic E-state index is 11.4. The Balaban J connectivity index is 0.00000169. The highest BCUT2D eigenvalue weighted by molar-refractivity contribution is 7.13. The van der Waals surface area contributed by atoms with Crippen LogP contribution >= 0.6 is 11.3 Å². The van der Waals surface area contributed by atoms with Gasteiger partial charge in [0.15, 0.2) is 0 Å². The Morgan fingerprint density at radius 2 is 2.38 bits per heavy atom. The number of hydrogen-bond acceptors (Lipinski definition) is 2. The van der Waals surface area contributed by atoms with Gasteiger partial charge in [-0.2, -0.15) is 0 Å². The molecule has 0 aliphatic rings. The highest BCUT2D eigenvalue weighted by Gasteiger charge is 2.05. The molecule has 1 aromatic rings. The molecule has 2 nitrogen and oxygen atoms in total. The van der Waals surface area contributed by atoms with Crippen LogP contribution in [0.3, 0.4) is 0 Å². The zero-order chi connectivity index (χ0) is 9.68. The van der Waals surface area contributed by atoms with Crippen molar-refractivity contribution in [3.8, 4) is 0 Å². The van der Waals surface area contributed by atoms with Gasteiger partial charge in [-0.3, -0.25) is 4.79 Å². The van der Waals surface area contributed by atoms with Crippen molar-refractivity contribution >= 4 is 17.2 Å². The molecule has 0 saturated heterocycles. The van der Waals surface area contributed by atoms with E-state index in [0.29, 0.717) is 0 Å². The fourth-order valence-electron chi connectivity index (χ4n) is 1.02. The maximum absolute atomic E-state index is 11.4. The molecule has 0 spiro atoms. The number of nitrogens with one attached hydrogen (secondary N) is 1. The van der Waals surface area contributed by atoms with E-state index in [1.54, 1.807) is 11.3 Å². The predicted molar refractivity (Wildman–Crippen MR) is 58.4 cm³/mol. The van der Waals surface area contributed by atoms with E-state index in [2.05, 4.69) is 12.2 Å². The van der Waals surface area contributed by atoms with Crippen LogP contribution in [0.15, 0.2) is 12.1 Å². The normalized spacial score (nSPS) is 10.0. The van der Waals surface area contributed by atoms with Crippen molar-refractivity contribution in [3.05, 3.63) is 21.9 Å². The van der Waals surface area contributed by atoms with E-state index in [-0.39, 0.29) is 7.33 Å².